The summed E-state index contributed by atoms with van der Waals surface area (Å²) < 4.78 is 1.40. The number of rotatable bonds is 1. The fourth-order valence-electron chi connectivity index (χ4n) is 2.34. The molecule has 0 N–H and O–H groups in total. The van der Waals surface area contributed by atoms with E-state index in [2.05, 4.69) is 35.7 Å². The number of halogens is 1. The van der Waals surface area contributed by atoms with Crippen LogP contribution in [0, 0.1) is 0 Å². The molecule has 0 spiro atoms. The molecule has 0 bridgehead atoms. The molecule has 2 heteroatoms. The van der Waals surface area contributed by atoms with E-state index in [1.165, 1.54) is 34.1 Å². The van der Waals surface area contributed by atoms with Gasteiger partial charge in [0.15, 0.2) is 0 Å². The summed E-state index contributed by atoms with van der Waals surface area (Å²) in [6.07, 6.45) is 5.73. The van der Waals surface area contributed by atoms with Crippen LogP contribution in [0.3, 0.4) is 0 Å². The van der Waals surface area contributed by atoms with Gasteiger partial charge in [-0.25, -0.2) is 0 Å². The third-order valence-corrected chi connectivity index (χ3v) is 4.44. The largest absolute Gasteiger partial charge is 0.143 e. The Morgan fingerprint density at radius 2 is 2.19 bits per heavy atom. The molecule has 1 unspecified atom stereocenters. The molecule has 1 atom stereocenters. The lowest BCUT2D eigenvalue weighted by Gasteiger charge is -2.17. The van der Waals surface area contributed by atoms with Crippen molar-refractivity contribution in [2.24, 2.45) is 0 Å². The Hall–Kier alpha value is -0.790. The number of hydrogen-bond donors (Lipinski definition) is 0. The van der Waals surface area contributed by atoms with Crippen molar-refractivity contribution in [1.82, 2.24) is 0 Å². The van der Waals surface area contributed by atoms with Crippen molar-refractivity contribution in [2.75, 3.05) is 0 Å². The average Bonchev–Trinajstić information content (AvgIpc) is 2.76. The Kier molecular flexibility index (Phi) is 2.74. The highest BCUT2D eigenvalue weighted by Crippen LogP contribution is 2.35. The molecule has 82 valence electrons. The van der Waals surface area contributed by atoms with Crippen molar-refractivity contribution < 1.29 is 0 Å². The summed E-state index contributed by atoms with van der Waals surface area (Å²) in [5.74, 6) is 0. The molecule has 16 heavy (non-hydrogen) atoms. The normalized spacial score (nSPS) is 21.1. The second kappa shape index (κ2) is 4.23. The average molecular weight is 249 g/mol. The summed E-state index contributed by atoms with van der Waals surface area (Å²) >= 11 is 8.04. The van der Waals surface area contributed by atoms with Crippen LogP contribution < -0.4 is 0 Å². The van der Waals surface area contributed by atoms with Gasteiger partial charge in [0.1, 0.15) is 0 Å². The van der Waals surface area contributed by atoms with Gasteiger partial charge in [0, 0.05) is 4.70 Å². The van der Waals surface area contributed by atoms with Crippen LogP contribution in [0.1, 0.15) is 24.8 Å². The van der Waals surface area contributed by atoms with Gasteiger partial charge in [-0.1, -0.05) is 24.3 Å². The zero-order valence-corrected chi connectivity index (χ0v) is 10.5. The zero-order chi connectivity index (χ0) is 11.0. The molecule has 1 heterocycles. The van der Waals surface area contributed by atoms with Crippen LogP contribution in [-0.4, -0.2) is 5.38 Å². The SMILES string of the molecule is ClC1C=C(c2cccc3ccsc23)CCC1. The lowest BCUT2D eigenvalue weighted by molar-refractivity contribution is 0.748. The smallest absolute Gasteiger partial charge is 0.0522 e. The van der Waals surface area contributed by atoms with E-state index < -0.39 is 0 Å². The van der Waals surface area contributed by atoms with Crippen LogP contribution in [-0.2, 0) is 0 Å². The van der Waals surface area contributed by atoms with E-state index in [9.17, 15) is 0 Å². The van der Waals surface area contributed by atoms with E-state index >= 15 is 0 Å². The fourth-order valence-corrected chi connectivity index (χ4v) is 3.60. The van der Waals surface area contributed by atoms with E-state index in [-0.39, 0.29) is 5.38 Å². The molecule has 1 aromatic carbocycles. The molecular weight excluding hydrogens is 236 g/mol. The minimum Gasteiger partial charge on any atom is -0.143 e. The maximum atomic E-state index is 6.21. The highest BCUT2D eigenvalue weighted by molar-refractivity contribution is 7.17. The van der Waals surface area contributed by atoms with Gasteiger partial charge in [0.05, 0.1) is 5.38 Å². The van der Waals surface area contributed by atoms with Crippen molar-refractivity contribution in [2.45, 2.75) is 24.6 Å². The number of fused-ring (bicyclic) bond motifs is 1. The van der Waals surface area contributed by atoms with Gasteiger partial charge in [-0.05, 0) is 47.2 Å². The molecule has 2 aromatic rings. The lowest BCUT2D eigenvalue weighted by atomic mass is 9.93. The zero-order valence-electron chi connectivity index (χ0n) is 8.95. The molecule has 0 fully saturated rings. The summed E-state index contributed by atoms with van der Waals surface area (Å²) in [7, 11) is 0. The first-order valence-corrected chi connectivity index (χ1v) is 6.97. The Morgan fingerprint density at radius 3 is 3.06 bits per heavy atom. The number of allylic oxidation sites excluding steroid dienone is 2. The van der Waals surface area contributed by atoms with Crippen LogP contribution in [0.15, 0.2) is 35.7 Å². The maximum absolute atomic E-state index is 6.21. The Morgan fingerprint density at radius 1 is 1.25 bits per heavy atom. The molecule has 1 aromatic heterocycles. The Balaban J connectivity index is 2.14. The molecule has 1 aliphatic carbocycles. The number of alkyl halides is 1. The van der Waals surface area contributed by atoms with Gasteiger partial charge in [-0.3, -0.25) is 0 Å². The number of benzene rings is 1. The van der Waals surface area contributed by atoms with Gasteiger partial charge in [0.2, 0.25) is 0 Å². The van der Waals surface area contributed by atoms with E-state index in [4.69, 9.17) is 11.6 Å². The molecular formula is C14H13ClS. The van der Waals surface area contributed by atoms with Crippen LogP contribution in [0.4, 0.5) is 0 Å². The van der Waals surface area contributed by atoms with Crippen molar-refractivity contribution in [3.8, 4) is 0 Å². The molecule has 0 saturated heterocycles. The highest BCUT2D eigenvalue weighted by atomic mass is 35.5. The maximum Gasteiger partial charge on any atom is 0.0522 e. The van der Waals surface area contributed by atoms with E-state index in [0.29, 0.717) is 0 Å². The topological polar surface area (TPSA) is 0 Å². The Bertz CT molecular complexity index is 538. The summed E-state index contributed by atoms with van der Waals surface area (Å²) in [5, 5.41) is 3.73. The molecule has 1 aliphatic rings. The first-order valence-electron chi connectivity index (χ1n) is 5.66. The molecule has 0 nitrogen and oxygen atoms in total. The molecule has 0 radical (unpaired) electrons. The van der Waals surface area contributed by atoms with Gasteiger partial charge >= 0.3 is 0 Å². The van der Waals surface area contributed by atoms with E-state index in [1.54, 1.807) is 0 Å². The quantitative estimate of drug-likeness (QED) is 0.618. The van der Waals surface area contributed by atoms with Gasteiger partial charge in [-0.2, -0.15) is 0 Å². The molecule has 0 amide bonds. The first kappa shape index (κ1) is 10.4. The minimum absolute atomic E-state index is 0.221. The van der Waals surface area contributed by atoms with Crippen molar-refractivity contribution in [3.63, 3.8) is 0 Å². The third kappa shape index (κ3) is 1.79. The van der Waals surface area contributed by atoms with Gasteiger partial charge in [-0.15, -0.1) is 22.9 Å². The molecule has 0 aliphatic heterocycles. The minimum atomic E-state index is 0.221. The van der Waals surface area contributed by atoms with Crippen molar-refractivity contribution >= 4 is 38.6 Å². The predicted molar refractivity (Wildman–Crippen MR) is 73.3 cm³/mol. The van der Waals surface area contributed by atoms with Crippen LogP contribution in [0.25, 0.3) is 15.7 Å². The van der Waals surface area contributed by atoms with Gasteiger partial charge < -0.3 is 0 Å². The van der Waals surface area contributed by atoms with Crippen LogP contribution in [0.5, 0.6) is 0 Å². The van der Waals surface area contributed by atoms with E-state index in [1.807, 2.05) is 11.3 Å². The summed E-state index contributed by atoms with van der Waals surface area (Å²) in [6.45, 7) is 0. The van der Waals surface area contributed by atoms with Crippen molar-refractivity contribution in [3.05, 3.63) is 41.3 Å². The van der Waals surface area contributed by atoms with Crippen LogP contribution >= 0.6 is 22.9 Å². The van der Waals surface area contributed by atoms with E-state index in [0.717, 1.165) is 6.42 Å². The number of thiophene rings is 1. The van der Waals surface area contributed by atoms with Crippen molar-refractivity contribution in [1.29, 1.82) is 0 Å². The standard InChI is InChI=1S/C14H13ClS/c15-12-5-1-4-11(9-12)13-6-2-3-10-7-8-16-14(10)13/h2-3,6-9,12H,1,4-5H2. The first-order chi connectivity index (χ1) is 7.84. The predicted octanol–water partition coefficient (Wildman–Crippen LogP) is 5.08. The highest BCUT2D eigenvalue weighted by Gasteiger charge is 2.14. The monoisotopic (exact) mass is 248 g/mol. The fraction of sp³-hybridized carbons (Fsp3) is 0.286. The Labute approximate surface area is 105 Å². The lowest BCUT2D eigenvalue weighted by Crippen LogP contribution is -2.02. The summed E-state index contributed by atoms with van der Waals surface area (Å²) in [4.78, 5) is 0. The van der Waals surface area contributed by atoms with Gasteiger partial charge in [0.25, 0.3) is 0 Å². The molecule has 0 saturated carbocycles. The number of hydrogen-bond acceptors (Lipinski definition) is 1. The van der Waals surface area contributed by atoms with Crippen LogP contribution in [0.2, 0.25) is 0 Å². The molecule has 3 rings (SSSR count). The summed E-state index contributed by atoms with van der Waals surface area (Å²) in [6, 6.07) is 8.73. The summed E-state index contributed by atoms with van der Waals surface area (Å²) in [5.41, 5.74) is 2.82. The second-order valence-electron chi connectivity index (χ2n) is 4.24. The third-order valence-electron chi connectivity index (χ3n) is 3.13. The second-order valence-corrected chi connectivity index (χ2v) is 5.72.